The summed E-state index contributed by atoms with van der Waals surface area (Å²) in [6.07, 6.45) is 3.31. The smallest absolute Gasteiger partial charge is 0.272 e. The van der Waals surface area contributed by atoms with Gasteiger partial charge in [-0.2, -0.15) is 5.10 Å². The topological polar surface area (TPSA) is 47.4 Å². The van der Waals surface area contributed by atoms with Crippen LogP contribution in [0.4, 0.5) is 0 Å². The summed E-state index contributed by atoms with van der Waals surface area (Å²) < 4.78 is 7.17. The van der Waals surface area contributed by atoms with Crippen molar-refractivity contribution in [3.05, 3.63) is 65.4 Å². The van der Waals surface area contributed by atoms with Gasteiger partial charge in [0.2, 0.25) is 0 Å². The van der Waals surface area contributed by atoms with E-state index in [-0.39, 0.29) is 5.91 Å². The Balaban J connectivity index is 1.82. The number of hydrogen-bond acceptors (Lipinski definition) is 3. The van der Waals surface area contributed by atoms with Crippen LogP contribution in [0.1, 0.15) is 40.9 Å². The maximum Gasteiger partial charge on any atom is 0.272 e. The van der Waals surface area contributed by atoms with E-state index in [0.29, 0.717) is 5.69 Å². The second kappa shape index (κ2) is 8.11. The maximum absolute atomic E-state index is 13.4. The van der Waals surface area contributed by atoms with Gasteiger partial charge in [0, 0.05) is 18.7 Å². The molecule has 0 saturated carbocycles. The predicted octanol–water partition coefficient (Wildman–Crippen LogP) is 4.79. The number of hydrogen-bond donors (Lipinski definition) is 0. The van der Waals surface area contributed by atoms with Gasteiger partial charge in [0.15, 0.2) is 0 Å². The lowest BCUT2D eigenvalue weighted by molar-refractivity contribution is 0.0715. The highest BCUT2D eigenvalue weighted by Crippen LogP contribution is 2.27. The lowest BCUT2D eigenvalue weighted by Crippen LogP contribution is -2.36. The van der Waals surface area contributed by atoms with E-state index >= 15 is 0 Å². The molecule has 1 aromatic heterocycles. The first kappa shape index (κ1) is 19.2. The summed E-state index contributed by atoms with van der Waals surface area (Å²) in [4.78, 5) is 15.3. The molecule has 1 aliphatic rings. The van der Waals surface area contributed by atoms with Crippen molar-refractivity contribution in [3.8, 4) is 22.7 Å². The molecule has 0 radical (unpaired) electrons. The summed E-state index contributed by atoms with van der Waals surface area (Å²) in [6, 6.07) is 15.9. The minimum atomic E-state index is 0.0475. The molecule has 1 saturated heterocycles. The molecule has 0 spiro atoms. The zero-order valence-corrected chi connectivity index (χ0v) is 17.3. The van der Waals surface area contributed by atoms with Crippen LogP contribution in [-0.2, 0) is 0 Å². The average Bonchev–Trinajstić information content (AvgIpc) is 3.19. The molecule has 1 amide bonds. The Labute approximate surface area is 171 Å². The van der Waals surface area contributed by atoms with E-state index in [2.05, 4.69) is 26.0 Å². The number of carbonyl (C=O) groups excluding carboxylic acids is 1. The Morgan fingerprint density at radius 1 is 1.00 bits per heavy atom. The van der Waals surface area contributed by atoms with Crippen molar-refractivity contribution in [1.29, 1.82) is 0 Å². The number of methoxy groups -OCH3 is 1. The van der Waals surface area contributed by atoms with Crippen LogP contribution < -0.4 is 4.74 Å². The molecule has 5 nitrogen and oxygen atoms in total. The first-order valence-electron chi connectivity index (χ1n) is 10.2. The number of aryl methyl sites for hydroxylation is 2. The Bertz CT molecular complexity index is 1030. The van der Waals surface area contributed by atoms with Gasteiger partial charge in [-0.3, -0.25) is 4.79 Å². The van der Waals surface area contributed by atoms with Crippen molar-refractivity contribution < 1.29 is 9.53 Å². The monoisotopic (exact) mass is 389 g/mol. The minimum absolute atomic E-state index is 0.0475. The third kappa shape index (κ3) is 3.90. The molecule has 0 atom stereocenters. The van der Waals surface area contributed by atoms with Crippen molar-refractivity contribution in [1.82, 2.24) is 14.7 Å². The summed E-state index contributed by atoms with van der Waals surface area (Å²) in [5.41, 5.74) is 5.53. The van der Waals surface area contributed by atoms with E-state index in [1.165, 1.54) is 12.0 Å². The molecule has 1 fully saturated rings. The Morgan fingerprint density at radius 3 is 2.52 bits per heavy atom. The van der Waals surface area contributed by atoms with Gasteiger partial charge in [-0.1, -0.05) is 29.8 Å². The highest BCUT2D eigenvalue weighted by molar-refractivity contribution is 5.94. The van der Waals surface area contributed by atoms with Gasteiger partial charge < -0.3 is 9.64 Å². The van der Waals surface area contributed by atoms with Gasteiger partial charge in [-0.05, 0) is 62.9 Å². The number of nitrogens with zero attached hydrogens (tertiary/aromatic N) is 3. The van der Waals surface area contributed by atoms with Gasteiger partial charge in [-0.25, -0.2) is 4.68 Å². The third-order valence-electron chi connectivity index (χ3n) is 5.52. The summed E-state index contributed by atoms with van der Waals surface area (Å²) in [5, 5.41) is 4.85. The summed E-state index contributed by atoms with van der Waals surface area (Å²) in [6.45, 7) is 5.75. The molecule has 2 aromatic carbocycles. The van der Waals surface area contributed by atoms with Crippen LogP contribution in [-0.4, -0.2) is 40.8 Å². The van der Waals surface area contributed by atoms with Crippen LogP contribution in [0.5, 0.6) is 5.75 Å². The second-order valence-corrected chi connectivity index (χ2v) is 7.70. The van der Waals surface area contributed by atoms with Crippen LogP contribution in [0.3, 0.4) is 0 Å². The number of carbonyl (C=O) groups is 1. The lowest BCUT2D eigenvalue weighted by Gasteiger charge is -2.26. The largest absolute Gasteiger partial charge is 0.497 e. The van der Waals surface area contributed by atoms with Crippen molar-refractivity contribution in [3.63, 3.8) is 0 Å². The van der Waals surface area contributed by atoms with Crippen LogP contribution in [0.25, 0.3) is 16.9 Å². The molecule has 5 heteroatoms. The number of likely N-dealkylation sites (tertiary alicyclic amines) is 1. The summed E-state index contributed by atoms with van der Waals surface area (Å²) >= 11 is 0. The minimum Gasteiger partial charge on any atom is -0.497 e. The number of piperidine rings is 1. The molecule has 0 aliphatic carbocycles. The number of aromatic nitrogens is 2. The van der Waals surface area contributed by atoms with Crippen molar-refractivity contribution in [2.75, 3.05) is 20.2 Å². The maximum atomic E-state index is 13.4. The fourth-order valence-corrected chi connectivity index (χ4v) is 3.94. The quantitative estimate of drug-likeness (QED) is 0.644. The first-order chi connectivity index (χ1) is 14.1. The Hall–Kier alpha value is -3.08. The van der Waals surface area contributed by atoms with E-state index in [1.807, 2.05) is 41.3 Å². The third-order valence-corrected chi connectivity index (χ3v) is 5.52. The SMILES string of the molecule is COc1cccc(-c2cc(C(=O)N3CCCCC3)n(-c3ccc(C)cc3C)n2)c1. The van der Waals surface area contributed by atoms with Gasteiger partial charge in [0.25, 0.3) is 5.91 Å². The molecule has 29 heavy (non-hydrogen) atoms. The number of rotatable bonds is 4. The summed E-state index contributed by atoms with van der Waals surface area (Å²) in [7, 11) is 1.65. The van der Waals surface area contributed by atoms with Crippen LogP contribution in [0, 0.1) is 13.8 Å². The number of ether oxygens (including phenoxy) is 1. The molecule has 3 aromatic rings. The molecule has 150 valence electrons. The van der Waals surface area contributed by atoms with Crippen LogP contribution in [0.15, 0.2) is 48.5 Å². The fourth-order valence-electron chi connectivity index (χ4n) is 3.94. The highest BCUT2D eigenvalue weighted by Gasteiger charge is 2.24. The molecular formula is C24H27N3O2. The van der Waals surface area contributed by atoms with Gasteiger partial charge in [0.1, 0.15) is 11.4 Å². The normalized spacial score (nSPS) is 14.1. The van der Waals surface area contributed by atoms with E-state index < -0.39 is 0 Å². The highest BCUT2D eigenvalue weighted by atomic mass is 16.5. The molecular weight excluding hydrogens is 362 g/mol. The molecule has 4 rings (SSSR count). The standard InChI is InChI=1S/C24H27N3O2/c1-17-10-11-22(18(2)14-17)27-23(24(28)26-12-5-4-6-13-26)16-21(25-27)19-8-7-9-20(15-19)29-3/h7-11,14-16H,4-6,12-13H2,1-3H3. The zero-order valence-electron chi connectivity index (χ0n) is 17.3. The lowest BCUT2D eigenvalue weighted by atomic mass is 10.1. The van der Waals surface area contributed by atoms with Crippen molar-refractivity contribution in [2.24, 2.45) is 0 Å². The Morgan fingerprint density at radius 2 is 1.79 bits per heavy atom. The van der Waals surface area contributed by atoms with Gasteiger partial charge >= 0.3 is 0 Å². The molecule has 2 heterocycles. The Kier molecular flexibility index (Phi) is 5.38. The van der Waals surface area contributed by atoms with Crippen molar-refractivity contribution >= 4 is 5.91 Å². The van der Waals surface area contributed by atoms with Gasteiger partial charge in [0.05, 0.1) is 18.5 Å². The van der Waals surface area contributed by atoms with Gasteiger partial charge in [-0.15, -0.1) is 0 Å². The average molecular weight is 389 g/mol. The van der Waals surface area contributed by atoms with Crippen LogP contribution in [0.2, 0.25) is 0 Å². The van der Waals surface area contributed by atoms with Crippen molar-refractivity contribution in [2.45, 2.75) is 33.1 Å². The predicted molar refractivity (Wildman–Crippen MR) is 115 cm³/mol. The number of amides is 1. The van der Waals surface area contributed by atoms with E-state index in [9.17, 15) is 4.79 Å². The zero-order chi connectivity index (χ0) is 20.4. The van der Waals surface area contributed by atoms with E-state index in [4.69, 9.17) is 9.84 Å². The summed E-state index contributed by atoms with van der Waals surface area (Å²) in [5.74, 6) is 0.818. The molecule has 0 unspecified atom stereocenters. The molecule has 1 aliphatic heterocycles. The molecule has 0 bridgehead atoms. The second-order valence-electron chi connectivity index (χ2n) is 7.70. The first-order valence-corrected chi connectivity index (χ1v) is 10.2. The fraction of sp³-hybridized carbons (Fsp3) is 0.333. The van der Waals surface area contributed by atoms with E-state index in [0.717, 1.165) is 54.2 Å². The van der Waals surface area contributed by atoms with Crippen LogP contribution >= 0.6 is 0 Å². The molecule has 0 N–H and O–H groups in total. The number of benzene rings is 2. The van der Waals surface area contributed by atoms with E-state index in [1.54, 1.807) is 11.8 Å².